The number of amides is 1. The van der Waals surface area contributed by atoms with Gasteiger partial charge in [0.05, 0.1) is 12.4 Å². The molecule has 1 fully saturated rings. The summed E-state index contributed by atoms with van der Waals surface area (Å²) in [6.07, 6.45) is 3.91. The Morgan fingerprint density at radius 2 is 2.26 bits per heavy atom. The average molecular weight is 265 g/mol. The van der Waals surface area contributed by atoms with Crippen molar-refractivity contribution in [2.45, 2.75) is 45.1 Å². The molecule has 1 aliphatic carbocycles. The lowest BCUT2D eigenvalue weighted by Crippen LogP contribution is -2.37. The molecule has 1 heterocycles. The first-order valence-electron chi connectivity index (χ1n) is 7.16. The van der Waals surface area contributed by atoms with E-state index in [1.807, 2.05) is 12.1 Å². The molecule has 0 saturated heterocycles. The Kier molecular flexibility index (Phi) is 4.64. The first-order chi connectivity index (χ1) is 9.17. The fourth-order valence-corrected chi connectivity index (χ4v) is 2.64. The van der Waals surface area contributed by atoms with Crippen LogP contribution in [-0.2, 0) is 4.79 Å². The van der Waals surface area contributed by atoms with E-state index in [2.05, 4.69) is 19.2 Å². The predicted molar refractivity (Wildman–Crippen MR) is 72.6 cm³/mol. The first-order valence-corrected chi connectivity index (χ1v) is 7.16. The summed E-state index contributed by atoms with van der Waals surface area (Å²) in [5.41, 5.74) is 0. The number of aliphatic hydroxyl groups is 1. The van der Waals surface area contributed by atoms with Crippen LogP contribution in [0.25, 0.3) is 0 Å². The minimum Gasteiger partial charge on any atom is -0.469 e. The molecule has 0 radical (unpaired) electrons. The van der Waals surface area contributed by atoms with E-state index in [-0.39, 0.29) is 23.7 Å². The average Bonchev–Trinajstić information content (AvgIpc) is 3.03. The van der Waals surface area contributed by atoms with Gasteiger partial charge >= 0.3 is 0 Å². The van der Waals surface area contributed by atoms with Crippen LogP contribution < -0.4 is 5.32 Å². The van der Waals surface area contributed by atoms with Crippen molar-refractivity contribution in [3.8, 4) is 0 Å². The van der Waals surface area contributed by atoms with E-state index in [0.717, 1.165) is 25.0 Å². The number of aliphatic hydroxyl groups excluding tert-OH is 1. The number of hydrogen-bond acceptors (Lipinski definition) is 3. The quantitative estimate of drug-likeness (QED) is 0.795. The number of rotatable bonds is 7. The van der Waals surface area contributed by atoms with E-state index in [4.69, 9.17) is 4.42 Å². The predicted octanol–water partition coefficient (Wildman–Crippen LogP) is 2.30. The lowest BCUT2D eigenvalue weighted by atomic mass is 9.96. The molecule has 0 aromatic carbocycles. The van der Waals surface area contributed by atoms with Crippen LogP contribution in [0.1, 0.15) is 44.8 Å². The van der Waals surface area contributed by atoms with Crippen LogP contribution >= 0.6 is 0 Å². The van der Waals surface area contributed by atoms with Gasteiger partial charge in [0.15, 0.2) is 0 Å². The standard InChI is InChI=1S/C15H23NO3/c1-3-10(4-2)13(17)9-16-15(18)12-8-11(12)14-6-5-7-19-14/h5-7,10-13,17H,3-4,8-9H2,1-2H3,(H,16,18). The van der Waals surface area contributed by atoms with Crippen LogP contribution in [0.5, 0.6) is 0 Å². The second-order valence-electron chi connectivity index (χ2n) is 5.35. The lowest BCUT2D eigenvalue weighted by Gasteiger charge is -2.20. The van der Waals surface area contributed by atoms with E-state index in [0.29, 0.717) is 6.54 Å². The molecule has 1 saturated carbocycles. The van der Waals surface area contributed by atoms with E-state index < -0.39 is 6.10 Å². The fourth-order valence-electron chi connectivity index (χ4n) is 2.64. The van der Waals surface area contributed by atoms with Crippen molar-refractivity contribution in [1.82, 2.24) is 5.32 Å². The molecule has 19 heavy (non-hydrogen) atoms. The van der Waals surface area contributed by atoms with Gasteiger partial charge in [-0.25, -0.2) is 0 Å². The molecule has 2 rings (SSSR count). The molecule has 1 aromatic rings. The maximum absolute atomic E-state index is 12.0. The van der Waals surface area contributed by atoms with Crippen molar-refractivity contribution in [1.29, 1.82) is 0 Å². The van der Waals surface area contributed by atoms with Crippen molar-refractivity contribution in [3.63, 3.8) is 0 Å². The maximum atomic E-state index is 12.0. The molecule has 1 amide bonds. The summed E-state index contributed by atoms with van der Waals surface area (Å²) in [4.78, 5) is 12.0. The van der Waals surface area contributed by atoms with E-state index >= 15 is 0 Å². The highest BCUT2D eigenvalue weighted by atomic mass is 16.3. The van der Waals surface area contributed by atoms with Gasteiger partial charge in [-0.05, 0) is 24.5 Å². The molecule has 3 unspecified atom stereocenters. The Hall–Kier alpha value is -1.29. The van der Waals surface area contributed by atoms with Crippen LogP contribution in [-0.4, -0.2) is 23.7 Å². The van der Waals surface area contributed by atoms with Gasteiger partial charge in [-0.15, -0.1) is 0 Å². The summed E-state index contributed by atoms with van der Waals surface area (Å²) in [5.74, 6) is 1.42. The van der Waals surface area contributed by atoms with Crippen LogP contribution in [0.2, 0.25) is 0 Å². The van der Waals surface area contributed by atoms with Crippen molar-refractivity contribution in [2.75, 3.05) is 6.54 Å². The van der Waals surface area contributed by atoms with Gasteiger partial charge < -0.3 is 14.8 Å². The van der Waals surface area contributed by atoms with Gasteiger partial charge in [-0.1, -0.05) is 26.7 Å². The van der Waals surface area contributed by atoms with Crippen molar-refractivity contribution < 1.29 is 14.3 Å². The van der Waals surface area contributed by atoms with Gasteiger partial charge in [0.2, 0.25) is 5.91 Å². The van der Waals surface area contributed by atoms with Crippen molar-refractivity contribution >= 4 is 5.91 Å². The summed E-state index contributed by atoms with van der Waals surface area (Å²) in [6.45, 7) is 4.48. The fraction of sp³-hybridized carbons (Fsp3) is 0.667. The normalized spacial score (nSPS) is 23.4. The third kappa shape index (κ3) is 3.38. The Labute approximate surface area is 114 Å². The summed E-state index contributed by atoms with van der Waals surface area (Å²) < 4.78 is 5.31. The highest BCUT2D eigenvalue weighted by Crippen LogP contribution is 2.47. The van der Waals surface area contributed by atoms with Gasteiger partial charge in [0.1, 0.15) is 5.76 Å². The maximum Gasteiger partial charge on any atom is 0.223 e. The van der Waals surface area contributed by atoms with Crippen LogP contribution in [0.4, 0.5) is 0 Å². The number of hydrogen-bond donors (Lipinski definition) is 2. The monoisotopic (exact) mass is 265 g/mol. The second-order valence-corrected chi connectivity index (χ2v) is 5.35. The zero-order valence-corrected chi connectivity index (χ0v) is 11.6. The molecular formula is C15H23NO3. The molecule has 4 heteroatoms. The molecule has 1 aromatic heterocycles. The molecule has 4 nitrogen and oxygen atoms in total. The van der Waals surface area contributed by atoms with E-state index in [9.17, 15) is 9.90 Å². The number of furan rings is 1. The van der Waals surface area contributed by atoms with Crippen LogP contribution in [0.3, 0.4) is 0 Å². The zero-order valence-electron chi connectivity index (χ0n) is 11.6. The molecule has 1 aliphatic rings. The molecular weight excluding hydrogens is 242 g/mol. The Morgan fingerprint density at radius 1 is 1.53 bits per heavy atom. The zero-order chi connectivity index (χ0) is 13.8. The minimum absolute atomic E-state index is 0.0139. The smallest absolute Gasteiger partial charge is 0.223 e. The van der Waals surface area contributed by atoms with Crippen LogP contribution in [0.15, 0.2) is 22.8 Å². The van der Waals surface area contributed by atoms with Crippen molar-refractivity contribution in [3.05, 3.63) is 24.2 Å². The highest BCUT2D eigenvalue weighted by Gasteiger charge is 2.45. The Morgan fingerprint density at radius 3 is 2.84 bits per heavy atom. The topological polar surface area (TPSA) is 62.5 Å². The first kappa shape index (κ1) is 14.1. The minimum atomic E-state index is -0.445. The van der Waals surface area contributed by atoms with Crippen LogP contribution in [0, 0.1) is 11.8 Å². The number of nitrogens with one attached hydrogen (secondary N) is 1. The van der Waals surface area contributed by atoms with Gasteiger partial charge in [0, 0.05) is 18.4 Å². The Balaban J connectivity index is 1.74. The van der Waals surface area contributed by atoms with E-state index in [1.165, 1.54) is 0 Å². The third-order valence-electron chi connectivity index (χ3n) is 4.11. The molecule has 0 aliphatic heterocycles. The molecule has 0 spiro atoms. The van der Waals surface area contributed by atoms with Crippen molar-refractivity contribution in [2.24, 2.45) is 11.8 Å². The number of carbonyl (C=O) groups excluding carboxylic acids is 1. The number of carbonyl (C=O) groups is 1. The Bertz CT molecular complexity index is 398. The van der Waals surface area contributed by atoms with E-state index in [1.54, 1.807) is 6.26 Å². The van der Waals surface area contributed by atoms with Gasteiger partial charge in [-0.3, -0.25) is 4.79 Å². The largest absolute Gasteiger partial charge is 0.469 e. The van der Waals surface area contributed by atoms with Gasteiger partial charge in [0.25, 0.3) is 0 Å². The summed E-state index contributed by atoms with van der Waals surface area (Å²) >= 11 is 0. The summed E-state index contributed by atoms with van der Waals surface area (Å²) in [6, 6.07) is 3.76. The highest BCUT2D eigenvalue weighted by molar-refractivity contribution is 5.82. The second kappa shape index (κ2) is 6.24. The molecule has 2 N–H and O–H groups in total. The summed E-state index contributed by atoms with van der Waals surface area (Å²) in [5, 5.41) is 12.8. The molecule has 0 bridgehead atoms. The van der Waals surface area contributed by atoms with Gasteiger partial charge in [-0.2, -0.15) is 0 Å². The molecule has 3 atom stereocenters. The lowest BCUT2D eigenvalue weighted by molar-refractivity contribution is -0.123. The third-order valence-corrected chi connectivity index (χ3v) is 4.11. The molecule has 106 valence electrons. The SMILES string of the molecule is CCC(CC)C(O)CNC(=O)C1CC1c1ccco1. The summed E-state index contributed by atoms with van der Waals surface area (Å²) in [7, 11) is 0.